The summed E-state index contributed by atoms with van der Waals surface area (Å²) < 4.78 is 3.27. The molecule has 1 N–H and O–H groups in total. The molecule has 0 atom stereocenters. The molecule has 0 aliphatic rings. The van der Waals surface area contributed by atoms with Gasteiger partial charge in [0.25, 0.3) is 5.56 Å². The Bertz CT molecular complexity index is 1590. The van der Waals surface area contributed by atoms with E-state index in [1.807, 2.05) is 24.3 Å². The van der Waals surface area contributed by atoms with Crippen LogP contribution < -0.4 is 16.6 Å². The zero-order chi connectivity index (χ0) is 22.9. The van der Waals surface area contributed by atoms with Crippen LogP contribution in [-0.2, 0) is 17.9 Å². The molecule has 2 aromatic carbocycles. The summed E-state index contributed by atoms with van der Waals surface area (Å²) in [5, 5.41) is 3.74. The van der Waals surface area contributed by atoms with Gasteiger partial charge < -0.3 is 5.32 Å². The third-order valence-corrected chi connectivity index (χ3v) is 6.29. The number of hydrogen-bond donors (Lipinski definition) is 1. The van der Waals surface area contributed by atoms with E-state index in [1.54, 1.807) is 36.4 Å². The second-order valence-corrected chi connectivity index (χ2v) is 8.76. The van der Waals surface area contributed by atoms with Crippen molar-refractivity contribution in [3.63, 3.8) is 0 Å². The number of aromatic nitrogens is 4. The van der Waals surface area contributed by atoms with E-state index in [9.17, 15) is 14.4 Å². The van der Waals surface area contributed by atoms with Crippen molar-refractivity contribution in [1.29, 1.82) is 0 Å². The quantitative estimate of drug-likeness (QED) is 0.417. The molecular weight excluding hydrogens is 462 g/mol. The number of carbonyl (C=O) groups excluding carboxylic acids is 1. The first-order valence-electron chi connectivity index (χ1n) is 9.98. The van der Waals surface area contributed by atoms with Crippen LogP contribution in [0.25, 0.3) is 21.3 Å². The fraction of sp³-hybridized carbons (Fsp3) is 0.0870. The maximum absolute atomic E-state index is 13.3. The SMILES string of the molecule is O=C(Cn1c(=O)n(Cc2ccc(Cl)cc2)c(=O)c2ncccc21)Nc1nc2ccccc2s1. The Morgan fingerprint density at radius 1 is 1.00 bits per heavy atom. The lowest BCUT2D eigenvalue weighted by Gasteiger charge is -2.13. The van der Waals surface area contributed by atoms with Gasteiger partial charge in [-0.3, -0.25) is 18.7 Å². The molecule has 0 radical (unpaired) electrons. The van der Waals surface area contributed by atoms with Crippen LogP contribution in [0, 0.1) is 0 Å². The van der Waals surface area contributed by atoms with Crippen LogP contribution in [0.1, 0.15) is 5.56 Å². The van der Waals surface area contributed by atoms with Crippen LogP contribution in [-0.4, -0.2) is 25.0 Å². The summed E-state index contributed by atoms with van der Waals surface area (Å²) in [6.07, 6.45) is 1.48. The molecule has 3 aromatic heterocycles. The summed E-state index contributed by atoms with van der Waals surface area (Å²) in [5.41, 5.74) is 0.780. The normalized spacial score (nSPS) is 11.2. The maximum Gasteiger partial charge on any atom is 0.332 e. The Morgan fingerprint density at radius 2 is 1.79 bits per heavy atom. The summed E-state index contributed by atoms with van der Waals surface area (Å²) in [4.78, 5) is 47.7. The molecular formula is C23H16ClN5O3S. The maximum atomic E-state index is 13.3. The summed E-state index contributed by atoms with van der Waals surface area (Å²) in [7, 11) is 0. The lowest BCUT2D eigenvalue weighted by molar-refractivity contribution is -0.116. The van der Waals surface area contributed by atoms with Gasteiger partial charge in [-0.1, -0.05) is 47.2 Å². The van der Waals surface area contributed by atoms with Gasteiger partial charge >= 0.3 is 5.69 Å². The highest BCUT2D eigenvalue weighted by molar-refractivity contribution is 7.22. The summed E-state index contributed by atoms with van der Waals surface area (Å²) in [6.45, 7) is -0.265. The van der Waals surface area contributed by atoms with Gasteiger partial charge in [-0.25, -0.2) is 14.8 Å². The number of fused-ring (bicyclic) bond motifs is 2. The highest BCUT2D eigenvalue weighted by Gasteiger charge is 2.17. The second kappa shape index (κ2) is 8.61. The molecule has 3 heterocycles. The summed E-state index contributed by atoms with van der Waals surface area (Å²) in [5.74, 6) is -0.432. The zero-order valence-electron chi connectivity index (χ0n) is 17.1. The van der Waals surface area contributed by atoms with Gasteiger partial charge in [0.2, 0.25) is 5.91 Å². The molecule has 0 spiro atoms. The third kappa shape index (κ3) is 4.15. The average Bonchev–Trinajstić information content (AvgIpc) is 3.23. The molecule has 8 nitrogen and oxygen atoms in total. The van der Waals surface area contributed by atoms with Crippen LogP contribution in [0.5, 0.6) is 0 Å². The second-order valence-electron chi connectivity index (χ2n) is 7.29. The number of amides is 1. The monoisotopic (exact) mass is 477 g/mol. The first-order chi connectivity index (χ1) is 16.0. The number of para-hydroxylation sites is 1. The molecule has 33 heavy (non-hydrogen) atoms. The van der Waals surface area contributed by atoms with Crippen molar-refractivity contribution in [2.24, 2.45) is 0 Å². The van der Waals surface area contributed by atoms with E-state index in [-0.39, 0.29) is 18.6 Å². The Labute approximate surface area is 195 Å². The predicted molar refractivity (Wildman–Crippen MR) is 129 cm³/mol. The molecule has 5 aromatic rings. The molecule has 164 valence electrons. The van der Waals surface area contributed by atoms with Crippen molar-refractivity contribution >= 4 is 55.2 Å². The van der Waals surface area contributed by atoms with Crippen molar-refractivity contribution in [3.05, 3.63) is 98.3 Å². The van der Waals surface area contributed by atoms with Crippen molar-refractivity contribution in [2.45, 2.75) is 13.1 Å². The van der Waals surface area contributed by atoms with Gasteiger partial charge in [-0.15, -0.1) is 0 Å². The van der Waals surface area contributed by atoms with E-state index in [1.165, 1.54) is 22.1 Å². The average molecular weight is 478 g/mol. The largest absolute Gasteiger partial charge is 0.332 e. The van der Waals surface area contributed by atoms with E-state index >= 15 is 0 Å². The minimum absolute atomic E-state index is 0.0286. The Balaban J connectivity index is 1.52. The number of nitrogens with zero attached hydrogens (tertiary/aromatic N) is 4. The number of anilines is 1. The minimum atomic E-state index is -0.602. The fourth-order valence-electron chi connectivity index (χ4n) is 3.54. The molecule has 0 aliphatic heterocycles. The highest BCUT2D eigenvalue weighted by atomic mass is 35.5. The number of carbonyl (C=O) groups is 1. The smallest absolute Gasteiger partial charge is 0.300 e. The van der Waals surface area contributed by atoms with Crippen molar-refractivity contribution in [2.75, 3.05) is 5.32 Å². The first kappa shape index (κ1) is 21.0. The van der Waals surface area contributed by atoms with Gasteiger partial charge in [0, 0.05) is 11.2 Å². The number of benzene rings is 2. The van der Waals surface area contributed by atoms with Gasteiger partial charge in [0.15, 0.2) is 10.6 Å². The molecule has 0 saturated heterocycles. The molecule has 0 unspecified atom stereocenters. The van der Waals surface area contributed by atoms with E-state index in [0.717, 1.165) is 20.3 Å². The van der Waals surface area contributed by atoms with Crippen molar-refractivity contribution in [1.82, 2.24) is 19.1 Å². The predicted octanol–water partition coefficient (Wildman–Crippen LogP) is 3.51. The Kier molecular flexibility index (Phi) is 5.49. The van der Waals surface area contributed by atoms with E-state index in [0.29, 0.717) is 15.7 Å². The molecule has 10 heteroatoms. The van der Waals surface area contributed by atoms with Crippen LogP contribution >= 0.6 is 22.9 Å². The fourth-order valence-corrected chi connectivity index (χ4v) is 4.54. The Hall–Kier alpha value is -3.82. The van der Waals surface area contributed by atoms with Crippen LogP contribution in [0.2, 0.25) is 5.02 Å². The van der Waals surface area contributed by atoms with Gasteiger partial charge in [-0.2, -0.15) is 0 Å². The van der Waals surface area contributed by atoms with Gasteiger partial charge in [0.1, 0.15) is 6.54 Å². The van der Waals surface area contributed by atoms with Crippen LogP contribution in [0.4, 0.5) is 5.13 Å². The van der Waals surface area contributed by atoms with Gasteiger partial charge in [0.05, 0.1) is 22.3 Å². The van der Waals surface area contributed by atoms with E-state index in [4.69, 9.17) is 11.6 Å². The number of hydrogen-bond acceptors (Lipinski definition) is 6. The van der Waals surface area contributed by atoms with E-state index in [2.05, 4.69) is 15.3 Å². The van der Waals surface area contributed by atoms with E-state index < -0.39 is 17.2 Å². The molecule has 0 fully saturated rings. The Morgan fingerprint density at radius 3 is 2.58 bits per heavy atom. The van der Waals surface area contributed by atoms with Crippen LogP contribution in [0.3, 0.4) is 0 Å². The van der Waals surface area contributed by atoms with Crippen molar-refractivity contribution in [3.8, 4) is 0 Å². The number of thiazole rings is 1. The third-order valence-electron chi connectivity index (χ3n) is 5.08. The summed E-state index contributed by atoms with van der Waals surface area (Å²) >= 11 is 7.28. The molecule has 0 saturated carbocycles. The molecule has 5 rings (SSSR count). The molecule has 1 amide bonds. The molecule has 0 aliphatic carbocycles. The number of pyridine rings is 1. The lowest BCUT2D eigenvalue weighted by atomic mass is 10.2. The zero-order valence-corrected chi connectivity index (χ0v) is 18.6. The van der Waals surface area contributed by atoms with Gasteiger partial charge in [-0.05, 0) is 42.0 Å². The first-order valence-corrected chi connectivity index (χ1v) is 11.2. The number of rotatable bonds is 5. The number of halogens is 1. The van der Waals surface area contributed by atoms with Crippen LogP contribution in [0.15, 0.2) is 76.4 Å². The lowest BCUT2D eigenvalue weighted by Crippen LogP contribution is -2.42. The number of nitrogens with one attached hydrogen (secondary N) is 1. The summed E-state index contributed by atoms with van der Waals surface area (Å²) in [6, 6.07) is 17.6. The topological polar surface area (TPSA) is 98.9 Å². The standard InChI is InChI=1S/C23H16ClN5O3S/c24-15-9-7-14(8-10-15)12-29-21(31)20-17(5-3-11-25-20)28(23(29)32)13-19(30)27-22-26-16-4-1-2-6-18(16)33-22/h1-11H,12-13H2,(H,26,27,30). The minimum Gasteiger partial charge on any atom is -0.300 e. The van der Waals surface area contributed by atoms with Crippen molar-refractivity contribution < 1.29 is 4.79 Å². The highest BCUT2D eigenvalue weighted by Crippen LogP contribution is 2.25. The molecule has 0 bridgehead atoms.